The molecule has 2 unspecified atom stereocenters. The van der Waals surface area contributed by atoms with Crippen molar-refractivity contribution in [3.05, 3.63) is 24.3 Å². The van der Waals surface area contributed by atoms with Crippen molar-refractivity contribution in [2.45, 2.75) is 30.3 Å². The Labute approximate surface area is 119 Å². The van der Waals surface area contributed by atoms with Crippen LogP contribution in [0.15, 0.2) is 29.2 Å². The van der Waals surface area contributed by atoms with E-state index in [-0.39, 0.29) is 5.69 Å². The fourth-order valence-electron chi connectivity index (χ4n) is 1.53. The molecule has 1 aromatic carbocycles. The number of para-hydroxylation sites is 1. The standard InChI is InChI=1S/C12H14F3NO4S/c1-7(11(17)18)8(2)16-9-5-3-4-6-10(9)21(19,20)12(13,14)15/h3-8,16H,1-2H3,(H,17,18). The van der Waals surface area contributed by atoms with Crippen LogP contribution in [0.5, 0.6) is 0 Å². The lowest BCUT2D eigenvalue weighted by Crippen LogP contribution is -2.31. The average molecular weight is 325 g/mol. The number of nitrogens with one attached hydrogen (secondary N) is 1. The van der Waals surface area contributed by atoms with Crippen molar-refractivity contribution >= 4 is 21.5 Å². The van der Waals surface area contributed by atoms with Gasteiger partial charge in [-0.2, -0.15) is 13.2 Å². The Kier molecular flexibility index (Phi) is 4.87. The number of hydrogen-bond donors (Lipinski definition) is 2. The van der Waals surface area contributed by atoms with E-state index in [4.69, 9.17) is 5.11 Å². The van der Waals surface area contributed by atoms with Gasteiger partial charge in [0.05, 0.1) is 16.5 Å². The number of carboxylic acids is 1. The van der Waals surface area contributed by atoms with E-state index in [1.54, 1.807) is 0 Å². The summed E-state index contributed by atoms with van der Waals surface area (Å²) in [7, 11) is -5.51. The fraction of sp³-hybridized carbons (Fsp3) is 0.417. The minimum absolute atomic E-state index is 0.282. The van der Waals surface area contributed by atoms with Crippen LogP contribution in [0.4, 0.5) is 18.9 Å². The summed E-state index contributed by atoms with van der Waals surface area (Å²) in [5.41, 5.74) is -5.71. The minimum Gasteiger partial charge on any atom is -0.481 e. The van der Waals surface area contributed by atoms with Crippen LogP contribution in [-0.2, 0) is 14.6 Å². The van der Waals surface area contributed by atoms with E-state index >= 15 is 0 Å². The summed E-state index contributed by atoms with van der Waals surface area (Å²) in [6, 6.07) is 3.74. The van der Waals surface area contributed by atoms with E-state index in [1.165, 1.54) is 19.9 Å². The third-order valence-corrected chi connectivity index (χ3v) is 4.55. The number of benzene rings is 1. The summed E-state index contributed by atoms with van der Waals surface area (Å²) in [4.78, 5) is 9.91. The van der Waals surface area contributed by atoms with Crippen LogP contribution in [-0.4, -0.2) is 31.0 Å². The molecular weight excluding hydrogens is 311 g/mol. The van der Waals surface area contributed by atoms with Gasteiger partial charge in [-0.25, -0.2) is 8.42 Å². The molecule has 0 fully saturated rings. The number of rotatable bonds is 5. The minimum atomic E-state index is -5.51. The molecule has 0 amide bonds. The molecule has 0 aliphatic heterocycles. The lowest BCUT2D eigenvalue weighted by Gasteiger charge is -2.21. The highest BCUT2D eigenvalue weighted by Crippen LogP contribution is 2.34. The second-order valence-electron chi connectivity index (χ2n) is 4.51. The number of anilines is 1. The number of alkyl halides is 3. The maximum Gasteiger partial charge on any atom is 0.501 e. The van der Waals surface area contributed by atoms with Crippen molar-refractivity contribution in [2.24, 2.45) is 5.92 Å². The molecule has 0 aromatic heterocycles. The Morgan fingerprint density at radius 3 is 2.24 bits per heavy atom. The van der Waals surface area contributed by atoms with Gasteiger partial charge in [0.2, 0.25) is 0 Å². The first-order valence-corrected chi connectivity index (χ1v) is 7.36. The van der Waals surface area contributed by atoms with Crippen LogP contribution in [0.3, 0.4) is 0 Å². The Balaban J connectivity index is 3.21. The van der Waals surface area contributed by atoms with Gasteiger partial charge in [-0.3, -0.25) is 4.79 Å². The van der Waals surface area contributed by atoms with Gasteiger partial charge in [-0.15, -0.1) is 0 Å². The highest BCUT2D eigenvalue weighted by atomic mass is 32.2. The van der Waals surface area contributed by atoms with Gasteiger partial charge in [-0.1, -0.05) is 12.1 Å². The summed E-state index contributed by atoms with van der Waals surface area (Å²) in [6.07, 6.45) is 0. The number of halogens is 3. The second-order valence-corrected chi connectivity index (χ2v) is 6.41. The van der Waals surface area contributed by atoms with E-state index in [0.29, 0.717) is 0 Å². The number of carboxylic acid groups (broad SMARTS) is 1. The van der Waals surface area contributed by atoms with Crippen molar-refractivity contribution in [3.8, 4) is 0 Å². The first-order valence-electron chi connectivity index (χ1n) is 5.88. The van der Waals surface area contributed by atoms with Crippen molar-refractivity contribution in [1.82, 2.24) is 0 Å². The van der Waals surface area contributed by atoms with E-state index in [0.717, 1.165) is 18.2 Å². The van der Waals surface area contributed by atoms with E-state index in [1.807, 2.05) is 0 Å². The maximum absolute atomic E-state index is 12.6. The summed E-state index contributed by atoms with van der Waals surface area (Å²) in [5, 5.41) is 11.4. The first-order chi connectivity index (χ1) is 9.48. The van der Waals surface area contributed by atoms with Crippen molar-refractivity contribution < 1.29 is 31.5 Å². The number of sulfone groups is 1. The third-order valence-electron chi connectivity index (χ3n) is 3.00. The zero-order chi connectivity index (χ0) is 16.4. The van der Waals surface area contributed by atoms with Crippen molar-refractivity contribution in [3.63, 3.8) is 0 Å². The predicted molar refractivity (Wildman–Crippen MR) is 69.6 cm³/mol. The van der Waals surface area contributed by atoms with E-state index in [2.05, 4.69) is 5.32 Å². The highest BCUT2D eigenvalue weighted by molar-refractivity contribution is 7.92. The maximum atomic E-state index is 12.6. The molecule has 0 radical (unpaired) electrons. The Hall–Kier alpha value is -1.77. The molecule has 0 heterocycles. The Morgan fingerprint density at radius 1 is 1.24 bits per heavy atom. The molecule has 9 heteroatoms. The molecule has 0 spiro atoms. The van der Waals surface area contributed by atoms with Crippen LogP contribution < -0.4 is 5.32 Å². The van der Waals surface area contributed by atoms with E-state index < -0.39 is 38.2 Å². The zero-order valence-corrected chi connectivity index (χ0v) is 12.0. The molecule has 1 aromatic rings. The molecule has 0 aliphatic rings. The van der Waals surface area contributed by atoms with Gasteiger partial charge >= 0.3 is 11.5 Å². The van der Waals surface area contributed by atoms with Gasteiger partial charge in [0, 0.05) is 6.04 Å². The number of hydrogen-bond acceptors (Lipinski definition) is 4. The van der Waals surface area contributed by atoms with Crippen LogP contribution in [0.2, 0.25) is 0 Å². The summed E-state index contributed by atoms with van der Waals surface area (Å²) >= 11 is 0. The fourth-order valence-corrected chi connectivity index (χ4v) is 2.45. The van der Waals surface area contributed by atoms with Crippen LogP contribution in [0, 0.1) is 5.92 Å². The molecule has 21 heavy (non-hydrogen) atoms. The lowest BCUT2D eigenvalue weighted by molar-refractivity contribution is -0.141. The van der Waals surface area contributed by atoms with Gasteiger partial charge in [-0.05, 0) is 26.0 Å². The molecule has 2 atom stereocenters. The van der Waals surface area contributed by atoms with Crippen LogP contribution in [0.25, 0.3) is 0 Å². The monoisotopic (exact) mass is 325 g/mol. The Bertz CT molecular complexity index is 628. The zero-order valence-electron chi connectivity index (χ0n) is 11.2. The topological polar surface area (TPSA) is 83.5 Å². The molecule has 0 aliphatic carbocycles. The predicted octanol–water partition coefficient (Wildman–Crippen LogP) is 2.50. The van der Waals surface area contributed by atoms with Gasteiger partial charge < -0.3 is 10.4 Å². The van der Waals surface area contributed by atoms with Gasteiger partial charge in [0.15, 0.2) is 0 Å². The average Bonchev–Trinajstić information content (AvgIpc) is 2.36. The molecule has 2 N–H and O–H groups in total. The third kappa shape index (κ3) is 3.66. The molecule has 1 rings (SSSR count). The normalized spacial score (nSPS) is 15.3. The van der Waals surface area contributed by atoms with Gasteiger partial charge in [0.25, 0.3) is 9.84 Å². The summed E-state index contributed by atoms with van der Waals surface area (Å²) in [5.74, 6) is -2.06. The smallest absolute Gasteiger partial charge is 0.481 e. The van der Waals surface area contributed by atoms with Crippen LogP contribution >= 0.6 is 0 Å². The van der Waals surface area contributed by atoms with Crippen molar-refractivity contribution in [1.29, 1.82) is 0 Å². The van der Waals surface area contributed by atoms with E-state index in [9.17, 15) is 26.4 Å². The number of aliphatic carboxylic acids is 1. The van der Waals surface area contributed by atoms with Crippen LogP contribution in [0.1, 0.15) is 13.8 Å². The summed E-state index contributed by atoms with van der Waals surface area (Å²) in [6.45, 7) is 2.80. The lowest BCUT2D eigenvalue weighted by atomic mass is 10.0. The molecular formula is C12H14F3NO4S. The van der Waals surface area contributed by atoms with Crippen molar-refractivity contribution in [2.75, 3.05) is 5.32 Å². The molecule has 0 saturated carbocycles. The largest absolute Gasteiger partial charge is 0.501 e. The SMILES string of the molecule is CC(Nc1ccccc1S(=O)(=O)C(F)(F)F)C(C)C(=O)O. The second kappa shape index (κ2) is 5.92. The molecule has 0 bridgehead atoms. The molecule has 5 nitrogen and oxygen atoms in total. The molecule has 118 valence electrons. The number of carbonyl (C=O) groups is 1. The Morgan fingerprint density at radius 2 is 1.76 bits per heavy atom. The molecule has 0 saturated heterocycles. The highest BCUT2D eigenvalue weighted by Gasteiger charge is 2.48. The first kappa shape index (κ1) is 17.3. The summed E-state index contributed by atoms with van der Waals surface area (Å²) < 4.78 is 60.8. The van der Waals surface area contributed by atoms with Gasteiger partial charge in [0.1, 0.15) is 0 Å². The quantitative estimate of drug-likeness (QED) is 0.869.